The number of fused-ring (bicyclic) bond motifs is 6. The second-order valence-electron chi connectivity index (χ2n) is 13.2. The van der Waals surface area contributed by atoms with Crippen LogP contribution in [0.15, 0.2) is 36.5 Å². The molecule has 6 rings (SSSR count). The maximum atomic E-state index is 13.8. The van der Waals surface area contributed by atoms with E-state index in [2.05, 4.69) is 52.4 Å². The molecule has 39 heavy (non-hydrogen) atoms. The van der Waals surface area contributed by atoms with Gasteiger partial charge in [0, 0.05) is 12.1 Å². The Kier molecular flexibility index (Phi) is 6.38. The van der Waals surface area contributed by atoms with Crippen LogP contribution in [0.2, 0.25) is 0 Å². The molecule has 0 aromatic heterocycles. The number of ether oxygens (including phenoxy) is 2. The van der Waals surface area contributed by atoms with Crippen molar-refractivity contribution in [3.8, 4) is 0 Å². The molecule has 12 atom stereocenters. The van der Waals surface area contributed by atoms with Crippen LogP contribution in [-0.4, -0.2) is 54.7 Å². The number of hydrogen-bond donors (Lipinski definition) is 3. The van der Waals surface area contributed by atoms with E-state index in [0.29, 0.717) is 0 Å². The average molecular weight is 538 g/mol. The van der Waals surface area contributed by atoms with Gasteiger partial charge in [0.05, 0.1) is 30.9 Å². The first-order valence-corrected chi connectivity index (χ1v) is 14.3. The fourth-order valence-corrected chi connectivity index (χ4v) is 8.19. The van der Waals surface area contributed by atoms with Crippen molar-refractivity contribution >= 4 is 23.9 Å². The van der Waals surface area contributed by atoms with E-state index in [1.165, 1.54) is 7.11 Å². The lowest BCUT2D eigenvalue weighted by molar-refractivity contribution is -0.147. The zero-order valence-electron chi connectivity index (χ0n) is 23.0. The summed E-state index contributed by atoms with van der Waals surface area (Å²) in [6.07, 6.45) is 14.4. The predicted octanol–water partition coefficient (Wildman–Crippen LogP) is 2.49. The van der Waals surface area contributed by atoms with E-state index < -0.39 is 23.5 Å². The maximum Gasteiger partial charge on any atom is 0.407 e. The lowest BCUT2D eigenvalue weighted by atomic mass is 9.84. The lowest BCUT2D eigenvalue weighted by Crippen LogP contribution is -2.56. The quantitative estimate of drug-likeness (QED) is 0.354. The van der Waals surface area contributed by atoms with Gasteiger partial charge in [-0.3, -0.25) is 14.4 Å². The van der Waals surface area contributed by atoms with Gasteiger partial charge < -0.3 is 25.4 Å². The highest BCUT2D eigenvalue weighted by Gasteiger charge is 2.55. The molecule has 3 saturated carbocycles. The summed E-state index contributed by atoms with van der Waals surface area (Å²) >= 11 is 0. The molecule has 0 heterocycles. The predicted molar refractivity (Wildman–Crippen MR) is 142 cm³/mol. The van der Waals surface area contributed by atoms with Crippen molar-refractivity contribution in [2.45, 2.75) is 63.8 Å². The van der Waals surface area contributed by atoms with Gasteiger partial charge in [0.2, 0.25) is 11.8 Å². The van der Waals surface area contributed by atoms with Gasteiger partial charge in [-0.1, -0.05) is 36.5 Å². The number of alkyl carbamates (subject to hydrolysis) is 1. The van der Waals surface area contributed by atoms with Crippen LogP contribution in [0.1, 0.15) is 40.0 Å². The van der Waals surface area contributed by atoms with E-state index in [1.807, 2.05) is 20.8 Å². The SMILES string of the molecule is COC(=O)[C@@H]1[C@@H](NC(=O)[C@@H]2[C@@H](NC(=O)[C@@H]3[C@@H](NC(=O)OC(C)(C)C)[C@@H]4C=C[C@H]3C4)[C@@H]3C=C[C@H]2C3)[C@@H]2C=C[C@H]1C2. The minimum atomic E-state index is -0.632. The fourth-order valence-electron chi connectivity index (χ4n) is 8.19. The Morgan fingerprint density at radius 1 is 0.615 bits per heavy atom. The molecule has 0 aromatic carbocycles. The van der Waals surface area contributed by atoms with Crippen molar-refractivity contribution in [1.82, 2.24) is 16.0 Å². The summed E-state index contributed by atoms with van der Waals surface area (Å²) < 4.78 is 10.5. The van der Waals surface area contributed by atoms with E-state index in [0.717, 1.165) is 19.3 Å². The molecule has 6 bridgehead atoms. The van der Waals surface area contributed by atoms with Gasteiger partial charge in [-0.05, 0) is 75.5 Å². The van der Waals surface area contributed by atoms with Crippen molar-refractivity contribution in [3.63, 3.8) is 0 Å². The zero-order valence-corrected chi connectivity index (χ0v) is 23.0. The summed E-state index contributed by atoms with van der Waals surface area (Å²) in [5.41, 5.74) is -0.632. The Labute approximate surface area is 229 Å². The second-order valence-corrected chi connectivity index (χ2v) is 13.2. The highest BCUT2D eigenvalue weighted by molar-refractivity contribution is 5.86. The number of hydrogen-bond acceptors (Lipinski definition) is 6. The molecule has 0 spiro atoms. The average Bonchev–Trinajstić information content (AvgIpc) is 3.70. The van der Waals surface area contributed by atoms with Gasteiger partial charge in [0.25, 0.3) is 0 Å². The molecule has 0 aliphatic heterocycles. The smallest absolute Gasteiger partial charge is 0.407 e. The number of amides is 3. The number of carbonyl (C=O) groups excluding carboxylic acids is 4. The zero-order chi connectivity index (χ0) is 27.6. The Morgan fingerprint density at radius 2 is 1.00 bits per heavy atom. The summed E-state index contributed by atoms with van der Waals surface area (Å²) in [5, 5.41) is 9.40. The first kappa shape index (κ1) is 26.1. The van der Waals surface area contributed by atoms with Crippen LogP contribution in [0.3, 0.4) is 0 Å². The van der Waals surface area contributed by atoms with Gasteiger partial charge in [-0.25, -0.2) is 4.79 Å². The summed E-state index contributed by atoms with van der Waals surface area (Å²) in [6, 6.07) is -0.973. The minimum Gasteiger partial charge on any atom is -0.469 e. The molecule has 9 nitrogen and oxygen atoms in total. The molecule has 6 aliphatic rings. The van der Waals surface area contributed by atoms with Crippen LogP contribution in [0, 0.1) is 53.3 Å². The summed E-state index contributed by atoms with van der Waals surface area (Å²) in [4.78, 5) is 52.6. The third-order valence-electron chi connectivity index (χ3n) is 9.76. The molecule has 210 valence electrons. The first-order valence-electron chi connectivity index (χ1n) is 14.3. The minimum absolute atomic E-state index is 0.0398. The van der Waals surface area contributed by atoms with Gasteiger partial charge in [-0.15, -0.1) is 0 Å². The van der Waals surface area contributed by atoms with E-state index in [1.54, 1.807) is 0 Å². The Morgan fingerprint density at radius 3 is 1.44 bits per heavy atom. The normalized spacial score (nSPS) is 42.2. The van der Waals surface area contributed by atoms with Crippen LogP contribution in [0.25, 0.3) is 0 Å². The standard InChI is InChI=1S/C30H39N3O6/c1-30(2,3)39-29(37)33-24-18-9-6-15(12-18)21(24)27(35)31-23-17-8-5-14(11-17)20(23)26(34)32-25-19-10-7-16(13-19)22(25)28(36)38-4/h5-10,14-25H,11-13H2,1-4H3,(H,31,35)(H,32,34)(H,33,37)/t14-,15-,16-,17+,18+,19+,20-,21-,22-,23-,24-,25-/m0/s1. The molecule has 0 unspecified atom stereocenters. The molecule has 6 aliphatic carbocycles. The topological polar surface area (TPSA) is 123 Å². The molecular formula is C30H39N3O6. The van der Waals surface area contributed by atoms with Crippen LogP contribution >= 0.6 is 0 Å². The van der Waals surface area contributed by atoms with Crippen molar-refractivity contribution < 1.29 is 28.7 Å². The van der Waals surface area contributed by atoms with E-state index in [9.17, 15) is 19.2 Å². The lowest BCUT2D eigenvalue weighted by Gasteiger charge is -2.34. The molecule has 3 amide bonds. The van der Waals surface area contributed by atoms with Crippen LogP contribution in [0.4, 0.5) is 4.79 Å². The second kappa shape index (κ2) is 9.52. The third-order valence-corrected chi connectivity index (χ3v) is 9.76. The molecule has 3 fully saturated rings. The van der Waals surface area contributed by atoms with Gasteiger partial charge in [0.15, 0.2) is 0 Å². The fraction of sp³-hybridized carbons (Fsp3) is 0.667. The summed E-state index contributed by atoms with van der Waals surface area (Å²) in [7, 11) is 1.39. The number of methoxy groups -OCH3 is 1. The number of rotatable bonds is 6. The number of nitrogens with one attached hydrogen (secondary N) is 3. The van der Waals surface area contributed by atoms with Gasteiger partial charge >= 0.3 is 12.1 Å². The van der Waals surface area contributed by atoms with E-state index >= 15 is 0 Å². The van der Waals surface area contributed by atoms with Crippen LogP contribution in [0.5, 0.6) is 0 Å². The number of carbonyl (C=O) groups is 4. The first-order chi connectivity index (χ1) is 18.5. The van der Waals surface area contributed by atoms with Crippen molar-refractivity contribution in [2.24, 2.45) is 53.3 Å². The molecule has 0 saturated heterocycles. The largest absolute Gasteiger partial charge is 0.469 e. The summed E-state index contributed by atoms with van der Waals surface area (Å²) in [6.45, 7) is 5.43. The highest BCUT2D eigenvalue weighted by Crippen LogP contribution is 2.48. The Hall–Kier alpha value is -3.10. The molecule has 9 heteroatoms. The monoisotopic (exact) mass is 537 g/mol. The molecular weight excluding hydrogens is 498 g/mol. The Bertz CT molecular complexity index is 1150. The van der Waals surface area contributed by atoms with Gasteiger partial charge in [-0.2, -0.15) is 0 Å². The molecule has 0 aromatic rings. The van der Waals surface area contributed by atoms with Crippen LogP contribution in [-0.2, 0) is 23.9 Å². The number of allylic oxidation sites excluding steroid dienone is 3. The maximum absolute atomic E-state index is 13.8. The summed E-state index contributed by atoms with van der Waals surface area (Å²) in [5.74, 6) is -1.29. The molecule has 0 radical (unpaired) electrons. The van der Waals surface area contributed by atoms with E-state index in [4.69, 9.17) is 9.47 Å². The van der Waals surface area contributed by atoms with Gasteiger partial charge in [0.1, 0.15) is 5.60 Å². The highest BCUT2D eigenvalue weighted by atomic mass is 16.6. The van der Waals surface area contributed by atoms with Crippen molar-refractivity contribution in [2.75, 3.05) is 7.11 Å². The van der Waals surface area contributed by atoms with E-state index in [-0.39, 0.29) is 77.3 Å². The number of esters is 1. The van der Waals surface area contributed by atoms with Crippen molar-refractivity contribution in [3.05, 3.63) is 36.5 Å². The Balaban J connectivity index is 1.16. The molecule has 3 N–H and O–H groups in total. The van der Waals surface area contributed by atoms with Crippen LogP contribution < -0.4 is 16.0 Å². The van der Waals surface area contributed by atoms with Crippen molar-refractivity contribution in [1.29, 1.82) is 0 Å². The third kappa shape index (κ3) is 4.57.